The van der Waals surface area contributed by atoms with Gasteiger partial charge in [0, 0.05) is 30.1 Å². The molecule has 0 bridgehead atoms. The van der Waals surface area contributed by atoms with Gasteiger partial charge >= 0.3 is 0 Å². The molecule has 106 valence electrons. The van der Waals surface area contributed by atoms with Crippen molar-refractivity contribution in [2.75, 3.05) is 19.7 Å². The summed E-state index contributed by atoms with van der Waals surface area (Å²) in [5.41, 5.74) is 1.07. The van der Waals surface area contributed by atoms with E-state index >= 15 is 0 Å². The monoisotopic (exact) mass is 279 g/mol. The fourth-order valence-corrected chi connectivity index (χ4v) is 3.02. The lowest BCUT2D eigenvalue weighted by molar-refractivity contribution is 0.213. The lowest BCUT2D eigenvalue weighted by Crippen LogP contribution is -2.30. The minimum absolute atomic E-state index is 0.0724. The van der Waals surface area contributed by atoms with Crippen LogP contribution in [0.3, 0.4) is 0 Å². The van der Waals surface area contributed by atoms with E-state index in [0.29, 0.717) is 11.8 Å². The van der Waals surface area contributed by atoms with Crippen molar-refractivity contribution in [3.8, 4) is 11.8 Å². The van der Waals surface area contributed by atoms with Crippen molar-refractivity contribution in [2.24, 2.45) is 11.8 Å². The van der Waals surface area contributed by atoms with Gasteiger partial charge in [-0.3, -0.25) is 4.90 Å². The van der Waals surface area contributed by atoms with E-state index < -0.39 is 0 Å². The van der Waals surface area contributed by atoms with Gasteiger partial charge in [0.05, 0.1) is 0 Å². The van der Waals surface area contributed by atoms with Crippen molar-refractivity contribution in [1.29, 1.82) is 0 Å². The SMILES string of the molecule is CC(C)CN(Cc1sccc1C#CCO)CC(C)C. The molecule has 0 saturated heterocycles. The van der Waals surface area contributed by atoms with Crippen LogP contribution in [-0.2, 0) is 6.54 Å². The highest BCUT2D eigenvalue weighted by atomic mass is 32.1. The Labute approximate surface area is 121 Å². The van der Waals surface area contributed by atoms with Crippen molar-refractivity contribution in [1.82, 2.24) is 4.90 Å². The second kappa shape index (κ2) is 8.37. The topological polar surface area (TPSA) is 23.5 Å². The first-order valence-corrected chi connectivity index (χ1v) is 7.79. The maximum Gasteiger partial charge on any atom is 0.104 e. The zero-order valence-corrected chi connectivity index (χ0v) is 13.3. The summed E-state index contributed by atoms with van der Waals surface area (Å²) in [7, 11) is 0. The van der Waals surface area contributed by atoms with Crippen LogP contribution in [-0.4, -0.2) is 29.7 Å². The van der Waals surface area contributed by atoms with E-state index in [4.69, 9.17) is 5.11 Å². The lowest BCUT2D eigenvalue weighted by Gasteiger charge is -2.25. The van der Waals surface area contributed by atoms with Crippen LogP contribution in [0.25, 0.3) is 0 Å². The molecule has 0 aliphatic carbocycles. The van der Waals surface area contributed by atoms with Gasteiger partial charge in [-0.05, 0) is 23.3 Å². The van der Waals surface area contributed by atoms with Gasteiger partial charge in [0.15, 0.2) is 0 Å². The number of hydrogen-bond acceptors (Lipinski definition) is 3. The third-order valence-electron chi connectivity index (χ3n) is 2.66. The summed E-state index contributed by atoms with van der Waals surface area (Å²) in [4.78, 5) is 3.81. The highest BCUT2D eigenvalue weighted by molar-refractivity contribution is 7.10. The van der Waals surface area contributed by atoms with E-state index in [2.05, 4.69) is 49.8 Å². The maximum absolute atomic E-state index is 8.80. The second-order valence-corrected chi connectivity index (χ2v) is 6.70. The van der Waals surface area contributed by atoms with E-state index in [1.807, 2.05) is 6.07 Å². The van der Waals surface area contributed by atoms with Gasteiger partial charge in [0.25, 0.3) is 0 Å². The number of aliphatic hydroxyl groups excluding tert-OH is 1. The van der Waals surface area contributed by atoms with Gasteiger partial charge in [0.1, 0.15) is 6.61 Å². The summed E-state index contributed by atoms with van der Waals surface area (Å²) in [6, 6.07) is 2.05. The first-order valence-electron chi connectivity index (χ1n) is 6.91. The summed E-state index contributed by atoms with van der Waals surface area (Å²) in [5.74, 6) is 7.12. The molecule has 1 N–H and O–H groups in total. The Kier molecular flexibility index (Phi) is 7.15. The summed E-state index contributed by atoms with van der Waals surface area (Å²) in [6.07, 6.45) is 0. The predicted octanol–water partition coefficient (Wildman–Crippen LogP) is 3.21. The molecule has 0 unspecified atom stereocenters. The molecule has 0 atom stereocenters. The smallest absolute Gasteiger partial charge is 0.104 e. The molecule has 0 aromatic carbocycles. The van der Waals surface area contributed by atoms with Gasteiger partial charge in [-0.1, -0.05) is 39.5 Å². The Bertz CT molecular complexity index is 415. The number of nitrogens with zero attached hydrogens (tertiary/aromatic N) is 1. The Morgan fingerprint density at radius 2 is 1.84 bits per heavy atom. The summed E-state index contributed by atoms with van der Waals surface area (Å²) >= 11 is 1.76. The third-order valence-corrected chi connectivity index (χ3v) is 3.57. The Balaban J connectivity index is 2.75. The molecular weight excluding hydrogens is 254 g/mol. The molecular formula is C16H25NOS. The van der Waals surface area contributed by atoms with Crippen LogP contribution in [0.1, 0.15) is 38.1 Å². The molecule has 0 amide bonds. The summed E-state index contributed by atoms with van der Waals surface area (Å²) in [5, 5.41) is 10.9. The zero-order chi connectivity index (χ0) is 14.3. The molecule has 0 radical (unpaired) electrons. The third kappa shape index (κ3) is 6.24. The summed E-state index contributed by atoms with van der Waals surface area (Å²) in [6.45, 7) is 12.2. The van der Waals surface area contributed by atoms with E-state index in [1.54, 1.807) is 11.3 Å². The van der Waals surface area contributed by atoms with Crippen LogP contribution >= 0.6 is 11.3 Å². The number of aliphatic hydroxyl groups is 1. The summed E-state index contributed by atoms with van der Waals surface area (Å²) < 4.78 is 0. The van der Waals surface area contributed by atoms with E-state index in [-0.39, 0.29) is 6.61 Å². The molecule has 0 spiro atoms. The fraction of sp³-hybridized carbons (Fsp3) is 0.625. The number of rotatable bonds is 6. The molecule has 1 aromatic rings. The first-order chi connectivity index (χ1) is 9.02. The molecule has 2 nitrogen and oxygen atoms in total. The number of thiophene rings is 1. The van der Waals surface area contributed by atoms with E-state index in [1.165, 1.54) is 4.88 Å². The van der Waals surface area contributed by atoms with Gasteiger partial charge in [-0.2, -0.15) is 0 Å². The van der Waals surface area contributed by atoms with Crippen molar-refractivity contribution >= 4 is 11.3 Å². The van der Waals surface area contributed by atoms with E-state index in [0.717, 1.165) is 25.2 Å². The van der Waals surface area contributed by atoms with Crippen molar-refractivity contribution in [2.45, 2.75) is 34.2 Å². The molecule has 19 heavy (non-hydrogen) atoms. The average Bonchev–Trinajstić information content (AvgIpc) is 2.72. The van der Waals surface area contributed by atoms with Gasteiger partial charge in [0.2, 0.25) is 0 Å². The average molecular weight is 279 g/mol. The maximum atomic E-state index is 8.80. The van der Waals surface area contributed by atoms with Crippen LogP contribution in [0, 0.1) is 23.7 Å². The lowest BCUT2D eigenvalue weighted by atomic mass is 10.1. The fourth-order valence-electron chi connectivity index (χ4n) is 2.15. The van der Waals surface area contributed by atoms with Gasteiger partial charge in [-0.15, -0.1) is 11.3 Å². The van der Waals surface area contributed by atoms with Crippen LogP contribution in [0.4, 0.5) is 0 Å². The molecule has 1 rings (SSSR count). The van der Waals surface area contributed by atoms with Crippen molar-refractivity contribution < 1.29 is 5.11 Å². The first kappa shape index (κ1) is 16.2. The number of hydrogen-bond donors (Lipinski definition) is 1. The Hall–Kier alpha value is -0.820. The van der Waals surface area contributed by atoms with Crippen molar-refractivity contribution in [3.05, 3.63) is 21.9 Å². The molecule has 0 saturated carbocycles. The van der Waals surface area contributed by atoms with Gasteiger partial charge < -0.3 is 5.11 Å². The van der Waals surface area contributed by atoms with Crippen LogP contribution in [0.15, 0.2) is 11.4 Å². The Morgan fingerprint density at radius 1 is 1.21 bits per heavy atom. The second-order valence-electron chi connectivity index (χ2n) is 5.70. The van der Waals surface area contributed by atoms with Crippen LogP contribution in [0.5, 0.6) is 0 Å². The normalized spacial score (nSPS) is 11.2. The highest BCUT2D eigenvalue weighted by Gasteiger charge is 2.12. The predicted molar refractivity (Wildman–Crippen MR) is 83.2 cm³/mol. The van der Waals surface area contributed by atoms with Crippen LogP contribution in [0.2, 0.25) is 0 Å². The zero-order valence-electron chi connectivity index (χ0n) is 12.4. The molecule has 1 aromatic heterocycles. The molecule has 3 heteroatoms. The quantitative estimate of drug-likeness (QED) is 0.808. The molecule has 0 fully saturated rings. The van der Waals surface area contributed by atoms with E-state index in [9.17, 15) is 0 Å². The molecule has 1 heterocycles. The van der Waals surface area contributed by atoms with Crippen molar-refractivity contribution in [3.63, 3.8) is 0 Å². The van der Waals surface area contributed by atoms with Crippen LogP contribution < -0.4 is 0 Å². The molecule has 0 aliphatic rings. The largest absolute Gasteiger partial charge is 0.384 e. The van der Waals surface area contributed by atoms with Gasteiger partial charge in [-0.25, -0.2) is 0 Å². The Morgan fingerprint density at radius 3 is 2.37 bits per heavy atom. The molecule has 0 aliphatic heterocycles. The standard InChI is InChI=1S/C16H25NOS/c1-13(2)10-17(11-14(3)4)12-16-15(6-5-8-18)7-9-19-16/h7,9,13-14,18H,8,10-12H2,1-4H3. The minimum Gasteiger partial charge on any atom is -0.384 e. The highest BCUT2D eigenvalue weighted by Crippen LogP contribution is 2.19. The minimum atomic E-state index is -0.0724.